The van der Waals surface area contributed by atoms with E-state index in [4.69, 9.17) is 18.0 Å². The molecule has 1 aliphatic carbocycles. The minimum atomic E-state index is 0.277. The van der Waals surface area contributed by atoms with Crippen molar-refractivity contribution < 1.29 is 0 Å². The predicted octanol–water partition coefficient (Wildman–Crippen LogP) is 2.53. The smallest absolute Gasteiger partial charge is 0.0768 e. The maximum Gasteiger partial charge on any atom is 0.0768 e. The number of fused-ring (bicyclic) bond motifs is 1. The summed E-state index contributed by atoms with van der Waals surface area (Å²) in [5.41, 5.74) is 10.1. The van der Waals surface area contributed by atoms with Crippen molar-refractivity contribution >= 4 is 17.2 Å². The molecule has 0 bridgehead atoms. The van der Waals surface area contributed by atoms with E-state index in [0.29, 0.717) is 4.99 Å². The molecule has 0 saturated carbocycles. The van der Waals surface area contributed by atoms with Crippen molar-refractivity contribution in [2.75, 3.05) is 13.6 Å². The zero-order valence-electron chi connectivity index (χ0n) is 11.3. The number of rotatable bonds is 5. The van der Waals surface area contributed by atoms with Gasteiger partial charge in [0.1, 0.15) is 0 Å². The van der Waals surface area contributed by atoms with Gasteiger partial charge in [-0.05, 0) is 43.0 Å². The molecule has 3 heteroatoms. The van der Waals surface area contributed by atoms with E-state index in [-0.39, 0.29) is 5.92 Å². The normalized spacial score (nSPS) is 15.7. The maximum atomic E-state index is 5.66. The van der Waals surface area contributed by atoms with Gasteiger partial charge in [0.15, 0.2) is 0 Å². The van der Waals surface area contributed by atoms with E-state index >= 15 is 0 Å². The van der Waals surface area contributed by atoms with E-state index in [9.17, 15) is 0 Å². The molecule has 0 amide bonds. The highest BCUT2D eigenvalue weighted by Crippen LogP contribution is 2.23. The van der Waals surface area contributed by atoms with E-state index in [0.717, 1.165) is 13.1 Å². The van der Waals surface area contributed by atoms with Gasteiger partial charge in [-0.2, -0.15) is 0 Å². The quantitative estimate of drug-likeness (QED) is 0.827. The van der Waals surface area contributed by atoms with Gasteiger partial charge in [-0.3, -0.25) is 0 Å². The summed E-state index contributed by atoms with van der Waals surface area (Å²) in [4.78, 5) is 2.90. The fourth-order valence-corrected chi connectivity index (χ4v) is 2.73. The largest absolute Gasteiger partial charge is 0.393 e. The Morgan fingerprint density at radius 1 is 1.39 bits per heavy atom. The number of nitrogens with two attached hydrogens (primary N) is 1. The zero-order chi connectivity index (χ0) is 13.1. The van der Waals surface area contributed by atoms with Crippen molar-refractivity contribution in [1.29, 1.82) is 0 Å². The van der Waals surface area contributed by atoms with Crippen molar-refractivity contribution in [3.8, 4) is 0 Å². The molecule has 0 heterocycles. The molecule has 0 aromatic heterocycles. The lowest BCUT2D eigenvalue weighted by atomic mass is 10.1. The van der Waals surface area contributed by atoms with Gasteiger partial charge in [-0.1, -0.05) is 37.3 Å². The van der Waals surface area contributed by atoms with E-state index in [1.165, 1.54) is 30.4 Å². The summed E-state index contributed by atoms with van der Waals surface area (Å²) in [6, 6.07) is 6.92. The lowest BCUT2D eigenvalue weighted by Crippen LogP contribution is -2.31. The van der Waals surface area contributed by atoms with Crippen molar-refractivity contribution in [3.63, 3.8) is 0 Å². The minimum absolute atomic E-state index is 0.277. The topological polar surface area (TPSA) is 29.3 Å². The first kappa shape index (κ1) is 13.5. The van der Waals surface area contributed by atoms with Gasteiger partial charge < -0.3 is 10.6 Å². The van der Waals surface area contributed by atoms with Gasteiger partial charge in [0.05, 0.1) is 4.99 Å². The van der Waals surface area contributed by atoms with Crippen LogP contribution in [0.5, 0.6) is 0 Å². The van der Waals surface area contributed by atoms with Crippen molar-refractivity contribution in [2.24, 2.45) is 11.7 Å². The van der Waals surface area contributed by atoms with Gasteiger partial charge in [0.25, 0.3) is 0 Å². The molecular formula is C15H22N2S. The number of benzene rings is 1. The monoisotopic (exact) mass is 262 g/mol. The number of hydrogen-bond acceptors (Lipinski definition) is 2. The third-order valence-corrected chi connectivity index (χ3v) is 4.09. The second kappa shape index (κ2) is 5.81. The standard InChI is InChI=1S/C15H22N2S/c1-11(15(16)18)9-17(2)10-12-6-7-13-4-3-5-14(13)8-12/h6-8,11H,3-5,9-10H2,1-2H3,(H2,16,18). The summed E-state index contributed by atoms with van der Waals surface area (Å²) in [6.07, 6.45) is 3.81. The Morgan fingerprint density at radius 3 is 2.83 bits per heavy atom. The summed E-state index contributed by atoms with van der Waals surface area (Å²) in [5.74, 6) is 0.277. The maximum absolute atomic E-state index is 5.66. The number of hydrogen-bond donors (Lipinski definition) is 1. The Labute approximate surface area is 115 Å². The van der Waals surface area contributed by atoms with Crippen molar-refractivity contribution in [2.45, 2.75) is 32.7 Å². The van der Waals surface area contributed by atoms with E-state index < -0.39 is 0 Å². The van der Waals surface area contributed by atoms with Crippen molar-refractivity contribution in [3.05, 3.63) is 34.9 Å². The van der Waals surface area contributed by atoms with Gasteiger partial charge in [-0.25, -0.2) is 0 Å². The van der Waals surface area contributed by atoms with Crippen LogP contribution in [0.2, 0.25) is 0 Å². The lowest BCUT2D eigenvalue weighted by molar-refractivity contribution is 0.307. The summed E-state index contributed by atoms with van der Waals surface area (Å²) < 4.78 is 0. The van der Waals surface area contributed by atoms with Crippen LogP contribution in [0.4, 0.5) is 0 Å². The first-order valence-corrected chi connectivity index (χ1v) is 7.05. The van der Waals surface area contributed by atoms with Gasteiger partial charge in [0.2, 0.25) is 0 Å². The highest BCUT2D eigenvalue weighted by atomic mass is 32.1. The molecule has 98 valence electrons. The molecule has 1 aliphatic rings. The highest BCUT2D eigenvalue weighted by molar-refractivity contribution is 7.80. The molecule has 2 N–H and O–H groups in total. The summed E-state index contributed by atoms with van der Waals surface area (Å²) >= 11 is 5.02. The molecule has 2 nitrogen and oxygen atoms in total. The van der Waals surface area contributed by atoms with Crippen LogP contribution in [-0.2, 0) is 19.4 Å². The molecule has 0 radical (unpaired) electrons. The van der Waals surface area contributed by atoms with Crippen LogP contribution in [0.15, 0.2) is 18.2 Å². The Balaban J connectivity index is 1.95. The van der Waals surface area contributed by atoms with Crippen LogP contribution < -0.4 is 5.73 Å². The van der Waals surface area contributed by atoms with E-state index in [1.807, 2.05) is 0 Å². The molecule has 18 heavy (non-hydrogen) atoms. The molecule has 2 rings (SSSR count). The van der Waals surface area contributed by atoms with Crippen LogP contribution in [-0.4, -0.2) is 23.5 Å². The fraction of sp³-hybridized carbons (Fsp3) is 0.533. The number of nitrogens with zero attached hydrogens (tertiary/aromatic N) is 1. The third kappa shape index (κ3) is 3.30. The minimum Gasteiger partial charge on any atom is -0.393 e. The molecule has 1 unspecified atom stereocenters. The van der Waals surface area contributed by atoms with Gasteiger partial charge in [0, 0.05) is 19.0 Å². The van der Waals surface area contributed by atoms with Crippen LogP contribution >= 0.6 is 12.2 Å². The average molecular weight is 262 g/mol. The van der Waals surface area contributed by atoms with Gasteiger partial charge in [-0.15, -0.1) is 0 Å². The first-order chi connectivity index (χ1) is 8.56. The van der Waals surface area contributed by atoms with Crippen LogP contribution in [0, 0.1) is 5.92 Å². The molecular weight excluding hydrogens is 240 g/mol. The summed E-state index contributed by atoms with van der Waals surface area (Å²) in [7, 11) is 2.13. The Hall–Kier alpha value is -0.930. The van der Waals surface area contributed by atoms with Crippen molar-refractivity contribution in [1.82, 2.24) is 4.90 Å². The van der Waals surface area contributed by atoms with Crippen LogP contribution in [0.1, 0.15) is 30.0 Å². The molecule has 0 aliphatic heterocycles. The predicted molar refractivity (Wildman–Crippen MR) is 80.8 cm³/mol. The van der Waals surface area contributed by atoms with E-state index in [2.05, 4.69) is 37.1 Å². The van der Waals surface area contributed by atoms with Crippen LogP contribution in [0.3, 0.4) is 0 Å². The first-order valence-electron chi connectivity index (χ1n) is 6.65. The summed E-state index contributed by atoms with van der Waals surface area (Å²) in [5, 5.41) is 0. The third-order valence-electron chi connectivity index (χ3n) is 3.69. The van der Waals surface area contributed by atoms with Gasteiger partial charge >= 0.3 is 0 Å². The fourth-order valence-electron chi connectivity index (χ4n) is 2.66. The SMILES string of the molecule is CC(CN(C)Cc1ccc2c(c1)CCC2)C(N)=S. The second-order valence-corrected chi connectivity index (χ2v) is 5.93. The molecule has 0 fully saturated rings. The molecule has 1 atom stereocenters. The Kier molecular flexibility index (Phi) is 4.36. The average Bonchev–Trinajstić information content (AvgIpc) is 2.75. The highest BCUT2D eigenvalue weighted by Gasteiger charge is 2.13. The molecule has 1 aromatic rings. The van der Waals surface area contributed by atoms with E-state index in [1.54, 1.807) is 5.56 Å². The molecule has 0 saturated heterocycles. The Bertz CT molecular complexity index is 442. The zero-order valence-corrected chi connectivity index (χ0v) is 12.1. The lowest BCUT2D eigenvalue weighted by Gasteiger charge is -2.21. The van der Waals surface area contributed by atoms with Crippen LogP contribution in [0.25, 0.3) is 0 Å². The molecule has 0 spiro atoms. The summed E-state index contributed by atoms with van der Waals surface area (Å²) in [6.45, 7) is 3.98. The molecule has 1 aromatic carbocycles. The Morgan fingerprint density at radius 2 is 2.11 bits per heavy atom. The number of thiocarbonyl (C=S) groups is 1. The number of aryl methyl sites for hydroxylation is 2. The second-order valence-electron chi connectivity index (χ2n) is 5.46.